The zero-order chi connectivity index (χ0) is 13.7. The summed E-state index contributed by atoms with van der Waals surface area (Å²) in [4.78, 5) is 13.0. The minimum absolute atomic E-state index is 0.124. The lowest BCUT2D eigenvalue weighted by molar-refractivity contribution is -0.145. The average molecular weight is 283 g/mol. The molecule has 1 aromatic rings. The Morgan fingerprint density at radius 1 is 1.68 bits per heavy atom. The number of nitrogens with one attached hydrogen (secondary N) is 1. The highest BCUT2D eigenvalue weighted by atomic mass is 32.2. The molecule has 0 saturated heterocycles. The van der Waals surface area contributed by atoms with Gasteiger partial charge in [0.15, 0.2) is 0 Å². The maximum Gasteiger partial charge on any atom is 0.323 e. The summed E-state index contributed by atoms with van der Waals surface area (Å²) >= 11 is 1.72. The van der Waals surface area contributed by atoms with Gasteiger partial charge in [-0.15, -0.1) is 11.8 Å². The van der Waals surface area contributed by atoms with Crippen LogP contribution in [0.1, 0.15) is 26.2 Å². The number of aryl methyl sites for hydroxylation is 1. The molecule has 2 rings (SSSR count). The van der Waals surface area contributed by atoms with Crippen molar-refractivity contribution in [3.05, 3.63) is 12.4 Å². The Morgan fingerprint density at radius 2 is 2.47 bits per heavy atom. The first-order valence-corrected chi connectivity index (χ1v) is 7.71. The van der Waals surface area contributed by atoms with Gasteiger partial charge in [0, 0.05) is 29.9 Å². The Morgan fingerprint density at radius 3 is 3.05 bits per heavy atom. The van der Waals surface area contributed by atoms with Crippen LogP contribution in [0.5, 0.6) is 0 Å². The summed E-state index contributed by atoms with van der Waals surface area (Å²) in [5.74, 6) is 0.760. The number of hydrogen-bond acceptors (Lipinski definition) is 5. The lowest BCUT2D eigenvalue weighted by Gasteiger charge is -2.16. The second-order valence-corrected chi connectivity index (χ2v) is 5.90. The number of ether oxygens (including phenoxy) is 1. The van der Waals surface area contributed by atoms with Gasteiger partial charge in [-0.1, -0.05) is 0 Å². The number of aromatic nitrogens is 2. The van der Waals surface area contributed by atoms with Gasteiger partial charge in [0.2, 0.25) is 0 Å². The molecule has 106 valence electrons. The van der Waals surface area contributed by atoms with Crippen LogP contribution < -0.4 is 5.32 Å². The number of carbonyl (C=O) groups excluding carboxylic acids is 1. The first-order valence-electron chi connectivity index (χ1n) is 6.73. The van der Waals surface area contributed by atoms with Crippen LogP contribution >= 0.6 is 11.8 Å². The van der Waals surface area contributed by atoms with E-state index in [4.69, 9.17) is 4.74 Å². The molecule has 1 aromatic heterocycles. The highest BCUT2D eigenvalue weighted by Gasteiger charge is 2.28. The van der Waals surface area contributed by atoms with Gasteiger partial charge in [-0.2, -0.15) is 5.10 Å². The third kappa shape index (κ3) is 4.87. The molecule has 1 unspecified atom stereocenters. The molecule has 0 aromatic carbocycles. The maximum absolute atomic E-state index is 11.8. The zero-order valence-electron chi connectivity index (χ0n) is 11.5. The Labute approximate surface area is 118 Å². The minimum Gasteiger partial charge on any atom is -0.465 e. The first kappa shape index (κ1) is 14.4. The number of thioether (sulfide) groups is 1. The van der Waals surface area contributed by atoms with Crippen LogP contribution in [0, 0.1) is 0 Å². The molecule has 0 bridgehead atoms. The molecule has 0 radical (unpaired) electrons. The van der Waals surface area contributed by atoms with Crippen molar-refractivity contribution in [3.63, 3.8) is 0 Å². The molecule has 6 heteroatoms. The average Bonchev–Trinajstić information content (AvgIpc) is 3.10. The van der Waals surface area contributed by atoms with Gasteiger partial charge < -0.3 is 10.1 Å². The summed E-state index contributed by atoms with van der Waals surface area (Å²) in [6.07, 6.45) is 6.96. The third-order valence-corrected chi connectivity index (χ3v) is 3.93. The fraction of sp³-hybridized carbons (Fsp3) is 0.692. The molecule has 5 nitrogen and oxygen atoms in total. The summed E-state index contributed by atoms with van der Waals surface area (Å²) in [5, 5.41) is 7.48. The predicted molar refractivity (Wildman–Crippen MR) is 75.1 cm³/mol. The van der Waals surface area contributed by atoms with Gasteiger partial charge in [-0.25, -0.2) is 0 Å². The molecule has 1 N–H and O–H groups in total. The van der Waals surface area contributed by atoms with Crippen molar-refractivity contribution >= 4 is 17.7 Å². The molecule has 1 atom stereocenters. The van der Waals surface area contributed by atoms with E-state index in [1.165, 1.54) is 12.8 Å². The molecule has 1 fully saturated rings. The minimum atomic E-state index is -0.170. The summed E-state index contributed by atoms with van der Waals surface area (Å²) in [6.45, 7) is 2.29. The number of hydrogen-bond donors (Lipinski definition) is 1. The van der Waals surface area contributed by atoms with Crippen LogP contribution in [0.2, 0.25) is 0 Å². The Kier molecular flexibility index (Phi) is 5.27. The van der Waals surface area contributed by atoms with Gasteiger partial charge in [-0.05, 0) is 26.2 Å². The molecule has 1 saturated carbocycles. The Bertz CT molecular complexity index is 418. The van der Waals surface area contributed by atoms with E-state index in [-0.39, 0.29) is 12.0 Å². The number of carbonyl (C=O) groups is 1. The second kappa shape index (κ2) is 6.96. The molecule has 1 aliphatic carbocycles. The predicted octanol–water partition coefficient (Wildman–Crippen LogP) is 1.59. The van der Waals surface area contributed by atoms with E-state index in [1.807, 2.05) is 26.4 Å². The molecule has 0 aliphatic heterocycles. The van der Waals surface area contributed by atoms with Gasteiger partial charge in [0.05, 0.1) is 12.8 Å². The smallest absolute Gasteiger partial charge is 0.323 e. The van der Waals surface area contributed by atoms with E-state index in [2.05, 4.69) is 10.4 Å². The largest absolute Gasteiger partial charge is 0.465 e. The highest BCUT2D eigenvalue weighted by molar-refractivity contribution is 7.99. The molecule has 1 aliphatic rings. The van der Waals surface area contributed by atoms with Crippen LogP contribution in [0.25, 0.3) is 0 Å². The zero-order valence-corrected chi connectivity index (χ0v) is 12.3. The van der Waals surface area contributed by atoms with E-state index in [1.54, 1.807) is 16.4 Å². The van der Waals surface area contributed by atoms with Gasteiger partial charge >= 0.3 is 5.97 Å². The van der Waals surface area contributed by atoms with E-state index in [0.29, 0.717) is 12.6 Å². The van der Waals surface area contributed by atoms with E-state index >= 15 is 0 Å². The Hall–Kier alpha value is -1.01. The summed E-state index contributed by atoms with van der Waals surface area (Å²) in [5.41, 5.74) is 0. The van der Waals surface area contributed by atoms with Crippen molar-refractivity contribution in [2.24, 2.45) is 7.05 Å². The molecule has 0 spiro atoms. The Balaban J connectivity index is 1.76. The highest BCUT2D eigenvalue weighted by Crippen LogP contribution is 2.22. The summed E-state index contributed by atoms with van der Waals surface area (Å²) in [7, 11) is 1.90. The fourth-order valence-corrected chi connectivity index (χ4v) is 2.75. The molecular weight excluding hydrogens is 262 g/mol. The molecular formula is C13H21N3O2S. The lowest BCUT2D eigenvalue weighted by atomic mass is 10.2. The van der Waals surface area contributed by atoms with Crippen molar-refractivity contribution in [2.45, 2.75) is 43.2 Å². The lowest BCUT2D eigenvalue weighted by Crippen LogP contribution is -2.39. The second-order valence-electron chi connectivity index (χ2n) is 4.73. The van der Waals surface area contributed by atoms with Crippen LogP contribution in [-0.2, 0) is 16.6 Å². The van der Waals surface area contributed by atoms with Gasteiger partial charge in [0.1, 0.15) is 6.04 Å². The maximum atomic E-state index is 11.8. The third-order valence-electron chi connectivity index (χ3n) is 2.94. The normalized spacial score (nSPS) is 16.3. The van der Waals surface area contributed by atoms with Crippen LogP contribution in [0.4, 0.5) is 0 Å². The van der Waals surface area contributed by atoms with E-state index < -0.39 is 0 Å². The van der Waals surface area contributed by atoms with Crippen LogP contribution in [0.3, 0.4) is 0 Å². The first-order chi connectivity index (χ1) is 9.19. The molecule has 0 amide bonds. The van der Waals surface area contributed by atoms with Crippen molar-refractivity contribution in [1.29, 1.82) is 0 Å². The standard InChI is InChI=1S/C13H21N3O2S/c1-3-18-13(17)12(15-10-4-5-10)6-7-19-11-8-14-16(2)9-11/h8-10,12,15H,3-7H2,1-2H3. The van der Waals surface area contributed by atoms with E-state index in [0.717, 1.165) is 17.1 Å². The quantitative estimate of drug-likeness (QED) is 0.580. The van der Waals surface area contributed by atoms with Crippen molar-refractivity contribution in [2.75, 3.05) is 12.4 Å². The van der Waals surface area contributed by atoms with Crippen molar-refractivity contribution < 1.29 is 9.53 Å². The van der Waals surface area contributed by atoms with Crippen molar-refractivity contribution in [3.8, 4) is 0 Å². The van der Waals surface area contributed by atoms with Crippen LogP contribution in [0.15, 0.2) is 17.3 Å². The topological polar surface area (TPSA) is 56.1 Å². The van der Waals surface area contributed by atoms with Crippen LogP contribution in [-0.4, -0.2) is 40.2 Å². The summed E-state index contributed by atoms with van der Waals surface area (Å²) < 4.78 is 6.90. The number of esters is 1. The monoisotopic (exact) mass is 283 g/mol. The summed E-state index contributed by atoms with van der Waals surface area (Å²) in [6, 6.07) is 0.342. The molecule has 19 heavy (non-hydrogen) atoms. The SMILES string of the molecule is CCOC(=O)C(CCSc1cnn(C)c1)NC1CC1. The van der Waals surface area contributed by atoms with E-state index in [9.17, 15) is 4.79 Å². The fourth-order valence-electron chi connectivity index (χ4n) is 1.81. The van der Waals surface area contributed by atoms with Crippen molar-refractivity contribution in [1.82, 2.24) is 15.1 Å². The van der Waals surface area contributed by atoms with Gasteiger partial charge in [0.25, 0.3) is 0 Å². The number of rotatable bonds is 8. The molecule has 1 heterocycles. The van der Waals surface area contributed by atoms with Gasteiger partial charge in [-0.3, -0.25) is 9.48 Å². The number of nitrogens with zero attached hydrogens (tertiary/aromatic N) is 2.